The van der Waals surface area contributed by atoms with Crippen LogP contribution in [-0.4, -0.2) is 49.6 Å². The van der Waals surface area contributed by atoms with Gasteiger partial charge in [-0.2, -0.15) is 0 Å². The predicted octanol–water partition coefficient (Wildman–Crippen LogP) is 2.86. The maximum absolute atomic E-state index is 12.3. The molecular weight excluding hydrogens is 402 g/mol. The van der Waals surface area contributed by atoms with Gasteiger partial charge < -0.3 is 29.4 Å². The number of methoxy groups -OCH3 is 1. The third-order valence-corrected chi connectivity index (χ3v) is 4.41. The molecule has 8 heteroatoms. The van der Waals surface area contributed by atoms with Gasteiger partial charge in [-0.25, -0.2) is 9.59 Å². The summed E-state index contributed by atoms with van der Waals surface area (Å²) in [5.74, 6) is 0.260. The Morgan fingerprint density at radius 3 is 2.35 bits per heavy atom. The molecule has 2 rings (SSSR count). The first-order chi connectivity index (χ1) is 15.0. The molecule has 0 fully saturated rings. The molecule has 0 saturated heterocycles. The van der Waals surface area contributed by atoms with E-state index in [9.17, 15) is 14.7 Å². The monoisotopic (exact) mass is 431 g/mol. The number of benzene rings is 2. The molecule has 0 aliphatic heterocycles. The summed E-state index contributed by atoms with van der Waals surface area (Å²) in [6.07, 6.45) is -2.18. The molecule has 2 atom stereocenters. The van der Waals surface area contributed by atoms with Gasteiger partial charge in [-0.05, 0) is 43.5 Å². The van der Waals surface area contributed by atoms with Crippen molar-refractivity contribution in [2.45, 2.75) is 39.0 Å². The average molecular weight is 431 g/mol. The van der Waals surface area contributed by atoms with Crippen molar-refractivity contribution >= 4 is 12.1 Å². The lowest BCUT2D eigenvalue weighted by atomic mass is 10.0. The molecule has 0 bridgehead atoms. The maximum atomic E-state index is 12.3. The zero-order chi connectivity index (χ0) is 22.6. The summed E-state index contributed by atoms with van der Waals surface area (Å²) in [7, 11) is 1.52. The van der Waals surface area contributed by atoms with Gasteiger partial charge in [0.05, 0.1) is 26.4 Å². The normalized spacial score (nSPS) is 12.4. The molecule has 2 aromatic rings. The third-order valence-electron chi connectivity index (χ3n) is 4.41. The van der Waals surface area contributed by atoms with Gasteiger partial charge in [0, 0.05) is 0 Å². The van der Waals surface area contributed by atoms with Crippen molar-refractivity contribution in [1.29, 1.82) is 0 Å². The summed E-state index contributed by atoms with van der Waals surface area (Å²) in [4.78, 5) is 24.4. The van der Waals surface area contributed by atoms with Crippen LogP contribution in [0.25, 0.3) is 0 Å². The molecule has 0 heterocycles. The number of nitrogens with one attached hydrogen (secondary N) is 1. The highest BCUT2D eigenvalue weighted by atomic mass is 16.6. The zero-order valence-electron chi connectivity index (χ0n) is 18.0. The molecule has 2 N–H and O–H groups in total. The fourth-order valence-electron chi connectivity index (χ4n) is 2.92. The third kappa shape index (κ3) is 7.49. The van der Waals surface area contributed by atoms with E-state index >= 15 is 0 Å². The first kappa shape index (κ1) is 24.0. The Hall–Kier alpha value is -3.26. The number of hydrogen-bond acceptors (Lipinski definition) is 7. The van der Waals surface area contributed by atoms with Gasteiger partial charge in [0.25, 0.3) is 0 Å². The van der Waals surface area contributed by atoms with Gasteiger partial charge in [0.15, 0.2) is 17.6 Å². The molecule has 0 spiro atoms. The Morgan fingerprint density at radius 1 is 0.968 bits per heavy atom. The number of carbonyl (C=O) groups excluding carboxylic acids is 2. The van der Waals surface area contributed by atoms with E-state index in [0.29, 0.717) is 18.1 Å². The SMILES string of the molecule is CCOC(=O)C(O)C(Cc1ccc(OCC)c(OC)c1)NC(=O)OCc1ccccc1. The highest BCUT2D eigenvalue weighted by molar-refractivity contribution is 5.77. The molecule has 0 aliphatic rings. The van der Waals surface area contributed by atoms with E-state index in [1.807, 2.05) is 37.3 Å². The van der Waals surface area contributed by atoms with Crippen LogP contribution in [0.15, 0.2) is 48.5 Å². The summed E-state index contributed by atoms with van der Waals surface area (Å²) in [5, 5.41) is 13.0. The largest absolute Gasteiger partial charge is 0.493 e. The number of aliphatic hydroxyl groups excluding tert-OH is 1. The van der Waals surface area contributed by atoms with Crippen molar-refractivity contribution in [3.05, 3.63) is 59.7 Å². The van der Waals surface area contributed by atoms with E-state index < -0.39 is 24.2 Å². The number of esters is 1. The van der Waals surface area contributed by atoms with Crippen molar-refractivity contribution in [3.63, 3.8) is 0 Å². The van der Waals surface area contributed by atoms with Crippen molar-refractivity contribution < 1.29 is 33.6 Å². The Kier molecular flexibility index (Phi) is 9.64. The number of carbonyl (C=O) groups is 2. The number of amides is 1. The summed E-state index contributed by atoms with van der Waals surface area (Å²) < 4.78 is 21.0. The van der Waals surface area contributed by atoms with Gasteiger partial charge >= 0.3 is 12.1 Å². The molecular formula is C23H29NO7. The highest BCUT2D eigenvalue weighted by Crippen LogP contribution is 2.28. The second-order valence-corrected chi connectivity index (χ2v) is 6.63. The molecule has 2 aromatic carbocycles. The van der Waals surface area contributed by atoms with E-state index in [-0.39, 0.29) is 19.6 Å². The van der Waals surface area contributed by atoms with Crippen LogP contribution < -0.4 is 14.8 Å². The number of hydrogen-bond donors (Lipinski definition) is 2. The molecule has 0 saturated carbocycles. The molecule has 0 radical (unpaired) electrons. The van der Waals surface area contributed by atoms with E-state index in [1.54, 1.807) is 25.1 Å². The van der Waals surface area contributed by atoms with Crippen LogP contribution in [0.3, 0.4) is 0 Å². The number of aliphatic hydroxyl groups is 1. The lowest BCUT2D eigenvalue weighted by molar-refractivity contribution is -0.154. The molecule has 0 aromatic heterocycles. The lowest BCUT2D eigenvalue weighted by Crippen LogP contribution is -2.49. The van der Waals surface area contributed by atoms with Crippen LogP contribution in [0.2, 0.25) is 0 Å². The van der Waals surface area contributed by atoms with E-state index in [4.69, 9.17) is 18.9 Å². The molecule has 1 amide bonds. The van der Waals surface area contributed by atoms with Crippen LogP contribution in [0.1, 0.15) is 25.0 Å². The summed E-state index contributed by atoms with van der Waals surface area (Å²) in [5.41, 5.74) is 1.54. The number of alkyl carbamates (subject to hydrolysis) is 1. The van der Waals surface area contributed by atoms with Crippen molar-refractivity contribution in [3.8, 4) is 11.5 Å². The average Bonchev–Trinajstić information content (AvgIpc) is 2.78. The van der Waals surface area contributed by atoms with Crippen LogP contribution >= 0.6 is 0 Å². The minimum absolute atomic E-state index is 0.0613. The maximum Gasteiger partial charge on any atom is 0.407 e. The van der Waals surface area contributed by atoms with Gasteiger partial charge in [0.2, 0.25) is 0 Å². The van der Waals surface area contributed by atoms with Crippen molar-refractivity contribution in [2.75, 3.05) is 20.3 Å². The van der Waals surface area contributed by atoms with E-state index in [2.05, 4.69) is 5.32 Å². The van der Waals surface area contributed by atoms with Gasteiger partial charge in [-0.1, -0.05) is 36.4 Å². The molecule has 168 valence electrons. The minimum Gasteiger partial charge on any atom is -0.493 e. The Bertz CT molecular complexity index is 841. The van der Waals surface area contributed by atoms with Gasteiger partial charge in [-0.3, -0.25) is 0 Å². The quantitative estimate of drug-likeness (QED) is 0.527. The van der Waals surface area contributed by atoms with Crippen LogP contribution in [0.5, 0.6) is 11.5 Å². The van der Waals surface area contributed by atoms with Crippen LogP contribution in [0, 0.1) is 0 Å². The highest BCUT2D eigenvalue weighted by Gasteiger charge is 2.30. The topological polar surface area (TPSA) is 103 Å². The van der Waals surface area contributed by atoms with Crippen molar-refractivity contribution in [2.24, 2.45) is 0 Å². The van der Waals surface area contributed by atoms with Crippen molar-refractivity contribution in [1.82, 2.24) is 5.32 Å². The van der Waals surface area contributed by atoms with E-state index in [0.717, 1.165) is 11.1 Å². The summed E-state index contributed by atoms with van der Waals surface area (Å²) in [6, 6.07) is 13.5. The lowest BCUT2D eigenvalue weighted by Gasteiger charge is -2.23. The predicted molar refractivity (Wildman–Crippen MR) is 114 cm³/mol. The Morgan fingerprint density at radius 2 is 1.71 bits per heavy atom. The Balaban J connectivity index is 2.12. The molecule has 2 unspecified atom stereocenters. The second-order valence-electron chi connectivity index (χ2n) is 6.63. The second kappa shape index (κ2) is 12.4. The molecule has 31 heavy (non-hydrogen) atoms. The Labute approximate surface area is 182 Å². The first-order valence-corrected chi connectivity index (χ1v) is 10.1. The first-order valence-electron chi connectivity index (χ1n) is 10.1. The number of rotatable bonds is 11. The van der Waals surface area contributed by atoms with E-state index in [1.165, 1.54) is 7.11 Å². The molecule has 8 nitrogen and oxygen atoms in total. The molecule has 0 aliphatic carbocycles. The zero-order valence-corrected chi connectivity index (χ0v) is 18.0. The fraction of sp³-hybridized carbons (Fsp3) is 0.391. The standard InChI is InChI=1S/C23H29NO7/c1-4-29-19-12-11-17(14-20(19)28-3)13-18(21(25)22(26)30-5-2)24-23(27)31-15-16-9-7-6-8-10-16/h6-12,14,18,21,25H,4-5,13,15H2,1-3H3,(H,24,27). The smallest absolute Gasteiger partial charge is 0.407 e. The van der Waals surface area contributed by atoms with Crippen LogP contribution in [-0.2, 0) is 27.3 Å². The van der Waals surface area contributed by atoms with Gasteiger partial charge in [-0.15, -0.1) is 0 Å². The minimum atomic E-state index is -1.57. The fourth-order valence-corrected chi connectivity index (χ4v) is 2.92. The summed E-state index contributed by atoms with van der Waals surface area (Å²) in [6.45, 7) is 4.15. The van der Waals surface area contributed by atoms with Gasteiger partial charge in [0.1, 0.15) is 6.61 Å². The number of ether oxygens (including phenoxy) is 4. The van der Waals surface area contributed by atoms with Crippen LogP contribution in [0.4, 0.5) is 4.79 Å². The summed E-state index contributed by atoms with van der Waals surface area (Å²) >= 11 is 0.